The monoisotopic (exact) mass is 497 g/mol. The van der Waals surface area contributed by atoms with Gasteiger partial charge in [-0.2, -0.15) is 13.2 Å². The lowest BCUT2D eigenvalue weighted by Crippen LogP contribution is -2.48. The number of halogens is 6. The van der Waals surface area contributed by atoms with E-state index in [1.54, 1.807) is 19.1 Å². The van der Waals surface area contributed by atoms with E-state index in [0.29, 0.717) is 42.5 Å². The quantitative estimate of drug-likeness (QED) is 0.345. The number of aromatic amines is 1. The number of rotatable bonds is 8. The van der Waals surface area contributed by atoms with Crippen molar-refractivity contribution >= 4 is 16.8 Å². The second-order valence-corrected chi connectivity index (χ2v) is 8.97. The molecule has 0 radical (unpaired) electrons. The standard InChI is InChI=1S/C25H25F6N3O/c1-2-20(24(35)33-12-25(29,30)31)32-11-13-7-15(8-13)21-18-9-17(27)10-19(28)23(18)34-22(21)14-3-5-16(26)6-4-14/h3-6,9-10,13,15,20,32,34H,2,7-8,11-12H2,1H3,(H,33,35)/t13?,15?,20-/m0/s1. The van der Waals surface area contributed by atoms with Gasteiger partial charge in [-0.25, -0.2) is 13.2 Å². The van der Waals surface area contributed by atoms with Gasteiger partial charge in [0.25, 0.3) is 0 Å². The van der Waals surface area contributed by atoms with E-state index in [-0.39, 0.29) is 17.4 Å². The van der Waals surface area contributed by atoms with Crippen LogP contribution >= 0.6 is 0 Å². The van der Waals surface area contributed by atoms with Crippen molar-refractivity contribution in [3.63, 3.8) is 0 Å². The smallest absolute Gasteiger partial charge is 0.352 e. The summed E-state index contributed by atoms with van der Waals surface area (Å²) in [6, 6.07) is 7.07. The third-order valence-electron chi connectivity index (χ3n) is 6.48. The molecule has 0 aliphatic heterocycles. The molecule has 10 heteroatoms. The molecular weight excluding hydrogens is 472 g/mol. The highest BCUT2D eigenvalue weighted by Gasteiger charge is 2.35. The first kappa shape index (κ1) is 25.1. The van der Waals surface area contributed by atoms with Crippen LogP contribution in [0.3, 0.4) is 0 Å². The molecule has 1 saturated carbocycles. The van der Waals surface area contributed by atoms with Crippen molar-refractivity contribution in [3.05, 3.63) is 59.4 Å². The first-order chi connectivity index (χ1) is 16.6. The van der Waals surface area contributed by atoms with Gasteiger partial charge in [-0.15, -0.1) is 0 Å². The number of carbonyl (C=O) groups excluding carboxylic acids is 1. The number of fused-ring (bicyclic) bond motifs is 1. The molecule has 3 aromatic rings. The zero-order chi connectivity index (χ0) is 25.3. The highest BCUT2D eigenvalue weighted by Crippen LogP contribution is 2.48. The molecule has 1 amide bonds. The van der Waals surface area contributed by atoms with Gasteiger partial charge in [0.2, 0.25) is 5.91 Å². The fourth-order valence-corrected chi connectivity index (χ4v) is 4.69. The SMILES string of the molecule is CC[C@H](NCC1CC(c2c(-c3ccc(F)cc3)[nH]c3c(F)cc(F)cc23)C1)C(=O)NCC(F)(F)F. The predicted octanol–water partition coefficient (Wildman–Crippen LogP) is 5.79. The Labute approximate surface area is 198 Å². The Bertz CT molecular complexity index is 1200. The van der Waals surface area contributed by atoms with Gasteiger partial charge in [0.15, 0.2) is 0 Å². The number of nitrogens with one attached hydrogen (secondary N) is 3. The van der Waals surface area contributed by atoms with Crippen LogP contribution in [0.1, 0.15) is 37.7 Å². The summed E-state index contributed by atoms with van der Waals surface area (Å²) in [6.45, 7) is 0.749. The van der Waals surface area contributed by atoms with Crippen molar-refractivity contribution in [1.82, 2.24) is 15.6 Å². The van der Waals surface area contributed by atoms with Gasteiger partial charge in [-0.3, -0.25) is 4.79 Å². The molecule has 0 spiro atoms. The lowest BCUT2D eigenvalue weighted by molar-refractivity contribution is -0.139. The lowest BCUT2D eigenvalue weighted by atomic mass is 9.70. The average Bonchev–Trinajstić information content (AvgIpc) is 3.13. The van der Waals surface area contributed by atoms with Gasteiger partial charge in [0.05, 0.1) is 17.3 Å². The largest absolute Gasteiger partial charge is 0.405 e. The molecule has 1 aliphatic rings. The molecule has 0 saturated heterocycles. The molecule has 3 N–H and O–H groups in total. The Kier molecular flexibility index (Phi) is 7.12. The van der Waals surface area contributed by atoms with Crippen LogP contribution in [0.25, 0.3) is 22.2 Å². The molecule has 1 aliphatic carbocycles. The summed E-state index contributed by atoms with van der Waals surface area (Å²) in [5, 5.41) is 5.36. The summed E-state index contributed by atoms with van der Waals surface area (Å²) in [4.78, 5) is 15.1. The van der Waals surface area contributed by atoms with E-state index in [9.17, 15) is 31.1 Å². The first-order valence-corrected chi connectivity index (χ1v) is 11.4. The van der Waals surface area contributed by atoms with E-state index >= 15 is 0 Å². The molecule has 4 nitrogen and oxygen atoms in total. The van der Waals surface area contributed by atoms with Crippen molar-refractivity contribution < 1.29 is 31.1 Å². The van der Waals surface area contributed by atoms with Crippen LogP contribution in [0.15, 0.2) is 36.4 Å². The number of carbonyl (C=O) groups is 1. The third kappa shape index (κ3) is 5.63. The topological polar surface area (TPSA) is 56.9 Å². The van der Waals surface area contributed by atoms with Crippen LogP contribution < -0.4 is 10.6 Å². The van der Waals surface area contributed by atoms with E-state index in [2.05, 4.69) is 10.3 Å². The molecule has 35 heavy (non-hydrogen) atoms. The summed E-state index contributed by atoms with van der Waals surface area (Å²) >= 11 is 0. The Morgan fingerprint density at radius 2 is 1.77 bits per heavy atom. The van der Waals surface area contributed by atoms with Crippen molar-refractivity contribution in [3.8, 4) is 11.3 Å². The Morgan fingerprint density at radius 3 is 2.40 bits per heavy atom. The molecule has 1 aromatic heterocycles. The van der Waals surface area contributed by atoms with Crippen LogP contribution in [0.4, 0.5) is 26.3 Å². The molecular formula is C25H25F6N3O. The zero-order valence-corrected chi connectivity index (χ0v) is 18.9. The Hall–Kier alpha value is -3.01. The Morgan fingerprint density at radius 1 is 1.09 bits per heavy atom. The maximum absolute atomic E-state index is 14.5. The number of hydrogen-bond acceptors (Lipinski definition) is 2. The van der Waals surface area contributed by atoms with Crippen LogP contribution in [0.2, 0.25) is 0 Å². The molecule has 1 heterocycles. The minimum absolute atomic E-state index is 0.0315. The van der Waals surface area contributed by atoms with Crippen molar-refractivity contribution in [2.75, 3.05) is 13.1 Å². The normalized spacial score (nSPS) is 18.9. The zero-order valence-electron chi connectivity index (χ0n) is 18.9. The van der Waals surface area contributed by atoms with E-state index in [4.69, 9.17) is 0 Å². The van der Waals surface area contributed by atoms with Gasteiger partial charge in [0, 0.05) is 11.5 Å². The minimum atomic E-state index is -4.48. The van der Waals surface area contributed by atoms with E-state index < -0.39 is 42.1 Å². The second-order valence-electron chi connectivity index (χ2n) is 8.97. The number of aromatic nitrogens is 1. The number of alkyl halides is 3. The molecule has 1 atom stereocenters. The fourth-order valence-electron chi connectivity index (χ4n) is 4.69. The summed E-state index contributed by atoms with van der Waals surface area (Å²) in [6.07, 6.45) is -2.83. The third-order valence-corrected chi connectivity index (χ3v) is 6.48. The highest BCUT2D eigenvalue weighted by molar-refractivity contribution is 5.92. The van der Waals surface area contributed by atoms with E-state index in [0.717, 1.165) is 11.6 Å². The average molecular weight is 497 g/mol. The molecule has 0 unspecified atom stereocenters. The predicted molar refractivity (Wildman–Crippen MR) is 120 cm³/mol. The molecule has 188 valence electrons. The van der Waals surface area contributed by atoms with Gasteiger partial charge in [-0.1, -0.05) is 6.92 Å². The maximum atomic E-state index is 14.5. The summed E-state index contributed by atoms with van der Waals surface area (Å²) < 4.78 is 79.1. The summed E-state index contributed by atoms with van der Waals surface area (Å²) in [5.41, 5.74) is 2.16. The second kappa shape index (κ2) is 9.93. The number of hydrogen-bond donors (Lipinski definition) is 3. The highest BCUT2D eigenvalue weighted by atomic mass is 19.4. The van der Waals surface area contributed by atoms with Gasteiger partial charge in [0.1, 0.15) is 24.0 Å². The lowest BCUT2D eigenvalue weighted by Gasteiger charge is -2.37. The van der Waals surface area contributed by atoms with Gasteiger partial charge < -0.3 is 15.6 Å². The van der Waals surface area contributed by atoms with Crippen LogP contribution in [0.5, 0.6) is 0 Å². The van der Waals surface area contributed by atoms with Gasteiger partial charge >= 0.3 is 6.18 Å². The van der Waals surface area contributed by atoms with Crippen molar-refractivity contribution in [2.45, 2.75) is 44.3 Å². The maximum Gasteiger partial charge on any atom is 0.405 e. The fraction of sp³-hybridized carbons (Fsp3) is 0.400. The van der Waals surface area contributed by atoms with Crippen LogP contribution in [-0.2, 0) is 4.79 Å². The molecule has 1 fully saturated rings. The van der Waals surface area contributed by atoms with E-state index in [1.165, 1.54) is 18.2 Å². The minimum Gasteiger partial charge on any atom is -0.352 e. The van der Waals surface area contributed by atoms with Crippen LogP contribution in [0, 0.1) is 23.4 Å². The van der Waals surface area contributed by atoms with Crippen molar-refractivity contribution in [1.29, 1.82) is 0 Å². The summed E-state index contributed by atoms with van der Waals surface area (Å²) in [5.74, 6) is -2.44. The van der Waals surface area contributed by atoms with Crippen LogP contribution in [-0.4, -0.2) is 36.2 Å². The number of H-pyrrole nitrogens is 1. The first-order valence-electron chi connectivity index (χ1n) is 11.4. The number of benzene rings is 2. The molecule has 2 aromatic carbocycles. The van der Waals surface area contributed by atoms with E-state index in [1.807, 2.05) is 5.32 Å². The molecule has 4 rings (SSSR count). The Balaban J connectivity index is 1.48. The van der Waals surface area contributed by atoms with Crippen molar-refractivity contribution in [2.24, 2.45) is 5.92 Å². The summed E-state index contributed by atoms with van der Waals surface area (Å²) in [7, 11) is 0. The number of amides is 1. The molecule has 0 bridgehead atoms. The van der Waals surface area contributed by atoms with Gasteiger partial charge in [-0.05, 0) is 79.1 Å².